The number of hydrogen-bond acceptors (Lipinski definition) is 3. The molecule has 1 aromatic carbocycles. The molecule has 128 valence electrons. The first kappa shape index (κ1) is 18.2. The minimum Gasteiger partial charge on any atom is -0.354 e. The van der Waals surface area contributed by atoms with Crippen LogP contribution in [0.2, 0.25) is 5.02 Å². The number of hydrogen-bond donors (Lipinski definition) is 1. The lowest BCUT2D eigenvalue weighted by Gasteiger charge is -2.38. The van der Waals surface area contributed by atoms with Gasteiger partial charge in [-0.15, -0.1) is 0 Å². The Morgan fingerprint density at radius 1 is 1.17 bits per heavy atom. The average Bonchev–Trinajstić information content (AvgIpc) is 2.50. The largest absolute Gasteiger partial charge is 0.354 e. The summed E-state index contributed by atoms with van der Waals surface area (Å²) in [6.45, 7) is 8.94. The van der Waals surface area contributed by atoms with Gasteiger partial charge in [0.1, 0.15) is 0 Å². The van der Waals surface area contributed by atoms with Gasteiger partial charge in [-0.25, -0.2) is 0 Å². The number of nitrogens with one attached hydrogen (secondary N) is 1. The molecule has 0 bridgehead atoms. The first-order valence-corrected chi connectivity index (χ1v) is 8.78. The SMILES string of the molecule is CC(C)CC(=O)NC[C@@H](c1ccc(Cl)cc1)N1CCN(C)CC1. The van der Waals surface area contributed by atoms with Gasteiger partial charge in [-0.05, 0) is 30.7 Å². The van der Waals surface area contributed by atoms with Crippen molar-refractivity contribution >= 4 is 17.5 Å². The third-order valence-corrected chi connectivity index (χ3v) is 4.57. The monoisotopic (exact) mass is 337 g/mol. The van der Waals surface area contributed by atoms with E-state index in [4.69, 9.17) is 11.6 Å². The summed E-state index contributed by atoms with van der Waals surface area (Å²) in [6, 6.07) is 8.20. The number of carbonyl (C=O) groups is 1. The van der Waals surface area contributed by atoms with Crippen LogP contribution in [-0.4, -0.2) is 55.5 Å². The lowest BCUT2D eigenvalue weighted by atomic mass is 10.0. The Labute approximate surface area is 144 Å². The maximum absolute atomic E-state index is 12.0. The van der Waals surface area contributed by atoms with Crippen LogP contribution in [0.15, 0.2) is 24.3 Å². The highest BCUT2D eigenvalue weighted by molar-refractivity contribution is 6.30. The van der Waals surface area contributed by atoms with Gasteiger partial charge in [-0.2, -0.15) is 0 Å². The molecule has 1 atom stereocenters. The van der Waals surface area contributed by atoms with Crippen molar-refractivity contribution in [3.8, 4) is 0 Å². The van der Waals surface area contributed by atoms with E-state index in [1.165, 1.54) is 5.56 Å². The Bertz CT molecular complexity index is 495. The molecule has 4 nitrogen and oxygen atoms in total. The van der Waals surface area contributed by atoms with Crippen LogP contribution in [0.25, 0.3) is 0 Å². The molecule has 1 saturated heterocycles. The van der Waals surface area contributed by atoms with Crippen LogP contribution in [-0.2, 0) is 4.79 Å². The Kier molecular flexibility index (Phi) is 6.88. The van der Waals surface area contributed by atoms with Gasteiger partial charge in [0.25, 0.3) is 0 Å². The Hall–Kier alpha value is -1.10. The zero-order valence-corrected chi connectivity index (χ0v) is 15.1. The molecule has 2 rings (SSSR count). The van der Waals surface area contributed by atoms with Crippen molar-refractivity contribution in [1.82, 2.24) is 15.1 Å². The lowest BCUT2D eigenvalue weighted by Crippen LogP contribution is -2.48. The summed E-state index contributed by atoms with van der Waals surface area (Å²) < 4.78 is 0. The Morgan fingerprint density at radius 2 is 1.78 bits per heavy atom. The molecule has 0 aliphatic carbocycles. The lowest BCUT2D eigenvalue weighted by molar-refractivity contribution is -0.122. The summed E-state index contributed by atoms with van der Waals surface area (Å²) in [5, 5.41) is 3.85. The summed E-state index contributed by atoms with van der Waals surface area (Å²) >= 11 is 6.02. The van der Waals surface area contributed by atoms with E-state index in [9.17, 15) is 4.79 Å². The zero-order valence-electron chi connectivity index (χ0n) is 14.4. The molecule has 0 saturated carbocycles. The fourth-order valence-electron chi connectivity index (χ4n) is 2.93. The number of halogens is 1. The van der Waals surface area contributed by atoms with E-state index in [1.807, 2.05) is 12.1 Å². The average molecular weight is 338 g/mol. The van der Waals surface area contributed by atoms with Crippen molar-refractivity contribution < 1.29 is 4.79 Å². The third-order valence-electron chi connectivity index (χ3n) is 4.32. The smallest absolute Gasteiger partial charge is 0.220 e. The van der Waals surface area contributed by atoms with Gasteiger partial charge in [0.15, 0.2) is 0 Å². The number of nitrogens with zero attached hydrogens (tertiary/aromatic N) is 2. The molecule has 1 aromatic rings. The number of piperazine rings is 1. The fraction of sp³-hybridized carbons (Fsp3) is 0.611. The number of amides is 1. The Morgan fingerprint density at radius 3 is 2.35 bits per heavy atom. The van der Waals surface area contributed by atoms with Gasteiger partial charge in [0.2, 0.25) is 5.91 Å². The molecule has 0 unspecified atom stereocenters. The zero-order chi connectivity index (χ0) is 16.8. The topological polar surface area (TPSA) is 35.6 Å². The van der Waals surface area contributed by atoms with E-state index in [0.717, 1.165) is 31.2 Å². The summed E-state index contributed by atoms with van der Waals surface area (Å²) in [4.78, 5) is 16.8. The molecule has 1 aliphatic heterocycles. The molecule has 1 heterocycles. The summed E-state index contributed by atoms with van der Waals surface area (Å²) in [5.74, 6) is 0.515. The number of benzene rings is 1. The fourth-order valence-corrected chi connectivity index (χ4v) is 3.06. The molecular formula is C18H28ClN3O. The van der Waals surface area contributed by atoms with E-state index in [2.05, 4.69) is 48.1 Å². The first-order valence-electron chi connectivity index (χ1n) is 8.40. The van der Waals surface area contributed by atoms with Crippen LogP contribution in [0.5, 0.6) is 0 Å². The van der Waals surface area contributed by atoms with E-state index >= 15 is 0 Å². The first-order chi connectivity index (χ1) is 11.0. The molecule has 23 heavy (non-hydrogen) atoms. The standard InChI is InChI=1S/C18H28ClN3O/c1-14(2)12-18(23)20-13-17(15-4-6-16(19)7-5-15)22-10-8-21(3)9-11-22/h4-7,14,17H,8-13H2,1-3H3,(H,20,23)/t17-/m0/s1. The maximum atomic E-state index is 12.0. The second kappa shape index (κ2) is 8.67. The van der Waals surface area contributed by atoms with Crippen molar-refractivity contribution in [1.29, 1.82) is 0 Å². The predicted molar refractivity (Wildman–Crippen MR) is 95.7 cm³/mol. The van der Waals surface area contributed by atoms with Gasteiger partial charge < -0.3 is 10.2 Å². The van der Waals surface area contributed by atoms with Gasteiger partial charge >= 0.3 is 0 Å². The van der Waals surface area contributed by atoms with Gasteiger partial charge in [-0.3, -0.25) is 9.69 Å². The molecule has 1 fully saturated rings. The van der Waals surface area contributed by atoms with Gasteiger partial charge in [0, 0.05) is 44.2 Å². The van der Waals surface area contributed by atoms with Gasteiger partial charge in [-0.1, -0.05) is 37.6 Å². The quantitative estimate of drug-likeness (QED) is 0.867. The summed E-state index contributed by atoms with van der Waals surface area (Å²) in [5.41, 5.74) is 1.21. The van der Waals surface area contributed by atoms with E-state index in [1.54, 1.807) is 0 Å². The van der Waals surface area contributed by atoms with Gasteiger partial charge in [0.05, 0.1) is 6.04 Å². The van der Waals surface area contributed by atoms with Crippen molar-refractivity contribution in [2.75, 3.05) is 39.8 Å². The van der Waals surface area contributed by atoms with E-state index in [0.29, 0.717) is 18.9 Å². The van der Waals surface area contributed by atoms with Crippen LogP contribution in [0.1, 0.15) is 31.9 Å². The Balaban J connectivity index is 2.05. The van der Waals surface area contributed by atoms with Crippen LogP contribution < -0.4 is 5.32 Å². The third kappa shape index (κ3) is 5.79. The summed E-state index contributed by atoms with van der Waals surface area (Å²) in [7, 11) is 2.15. The van der Waals surface area contributed by atoms with Crippen LogP contribution in [0, 0.1) is 5.92 Å². The number of rotatable bonds is 6. The molecule has 0 radical (unpaired) electrons. The highest BCUT2D eigenvalue weighted by Crippen LogP contribution is 2.23. The summed E-state index contributed by atoms with van der Waals surface area (Å²) in [6.07, 6.45) is 0.579. The minimum absolute atomic E-state index is 0.132. The van der Waals surface area contributed by atoms with Crippen LogP contribution in [0.4, 0.5) is 0 Å². The second-order valence-electron chi connectivity index (χ2n) is 6.81. The highest BCUT2D eigenvalue weighted by atomic mass is 35.5. The minimum atomic E-state index is 0.132. The van der Waals surface area contributed by atoms with Crippen molar-refractivity contribution in [2.45, 2.75) is 26.3 Å². The van der Waals surface area contributed by atoms with E-state index in [-0.39, 0.29) is 11.9 Å². The molecule has 1 aliphatic rings. The molecule has 0 aromatic heterocycles. The highest BCUT2D eigenvalue weighted by Gasteiger charge is 2.24. The molecular weight excluding hydrogens is 310 g/mol. The number of likely N-dealkylation sites (N-methyl/N-ethyl adjacent to an activating group) is 1. The normalized spacial score (nSPS) is 18.1. The van der Waals surface area contributed by atoms with Crippen LogP contribution in [0.3, 0.4) is 0 Å². The van der Waals surface area contributed by atoms with Crippen molar-refractivity contribution in [3.05, 3.63) is 34.9 Å². The maximum Gasteiger partial charge on any atom is 0.220 e. The number of carbonyl (C=O) groups excluding carboxylic acids is 1. The van der Waals surface area contributed by atoms with Crippen LogP contribution >= 0.6 is 11.6 Å². The second-order valence-corrected chi connectivity index (χ2v) is 7.25. The van der Waals surface area contributed by atoms with Crippen molar-refractivity contribution in [3.63, 3.8) is 0 Å². The molecule has 0 spiro atoms. The molecule has 5 heteroatoms. The van der Waals surface area contributed by atoms with Crippen molar-refractivity contribution in [2.24, 2.45) is 5.92 Å². The molecule has 1 amide bonds. The predicted octanol–water partition coefficient (Wildman–Crippen LogP) is 2.79. The van der Waals surface area contributed by atoms with E-state index < -0.39 is 0 Å². The molecule has 1 N–H and O–H groups in total.